The largest absolute Gasteiger partial charge is 0.494 e. The van der Waals surface area contributed by atoms with Crippen LogP contribution in [0.5, 0.6) is 5.75 Å². The zero-order valence-electron chi connectivity index (χ0n) is 15.9. The first-order chi connectivity index (χ1) is 13.8. The van der Waals surface area contributed by atoms with Crippen molar-refractivity contribution in [3.8, 4) is 5.75 Å². The van der Waals surface area contributed by atoms with E-state index in [-0.39, 0.29) is 5.56 Å². The second-order valence-corrected chi connectivity index (χ2v) is 7.39. The molecule has 2 aromatic rings. The van der Waals surface area contributed by atoms with Gasteiger partial charge in [-0.25, -0.2) is 0 Å². The molecule has 29 heavy (non-hydrogen) atoms. The molecule has 3 rings (SSSR count). The Morgan fingerprint density at radius 1 is 1.07 bits per heavy atom. The fourth-order valence-corrected chi connectivity index (χ4v) is 3.66. The standard InChI is InChI=1S/C21H25ClO7/c1-2-28-16-6-4-3-5-12(16)9-13-10-14(7-8-15(13)22)21(27)20(26)19(25)18(24)17(11-23)29-21/h3-8,10,17-20,23-27H,2,9,11H2,1H3/t17-,18-,19+,20-,21?/m1/s1. The molecule has 8 heteroatoms. The smallest absolute Gasteiger partial charge is 0.222 e. The molecule has 0 radical (unpaired) electrons. The van der Waals surface area contributed by atoms with Gasteiger partial charge in [-0.2, -0.15) is 0 Å². The minimum Gasteiger partial charge on any atom is -0.494 e. The summed E-state index contributed by atoms with van der Waals surface area (Å²) < 4.78 is 11.0. The van der Waals surface area contributed by atoms with Gasteiger partial charge >= 0.3 is 0 Å². The van der Waals surface area contributed by atoms with Crippen LogP contribution in [0.15, 0.2) is 42.5 Å². The Morgan fingerprint density at radius 3 is 2.48 bits per heavy atom. The topological polar surface area (TPSA) is 120 Å². The molecule has 0 aliphatic carbocycles. The molecule has 0 saturated carbocycles. The second-order valence-electron chi connectivity index (χ2n) is 6.99. The molecule has 0 bridgehead atoms. The van der Waals surface area contributed by atoms with Gasteiger partial charge in [-0.1, -0.05) is 35.9 Å². The Kier molecular flexibility index (Phi) is 6.80. The van der Waals surface area contributed by atoms with Crippen LogP contribution in [-0.2, 0) is 16.9 Å². The molecular weight excluding hydrogens is 400 g/mol. The molecule has 1 saturated heterocycles. The number of rotatable bonds is 6. The van der Waals surface area contributed by atoms with Crippen molar-refractivity contribution in [2.45, 2.75) is 43.5 Å². The third-order valence-corrected chi connectivity index (χ3v) is 5.45. The van der Waals surface area contributed by atoms with Crippen LogP contribution >= 0.6 is 11.6 Å². The molecule has 0 aromatic heterocycles. The number of aliphatic hydroxyl groups excluding tert-OH is 4. The van der Waals surface area contributed by atoms with Crippen molar-refractivity contribution in [1.82, 2.24) is 0 Å². The summed E-state index contributed by atoms with van der Waals surface area (Å²) in [5.74, 6) is -1.62. The molecule has 5 atom stereocenters. The summed E-state index contributed by atoms with van der Waals surface area (Å²) in [4.78, 5) is 0. The van der Waals surface area contributed by atoms with Crippen molar-refractivity contribution in [3.05, 3.63) is 64.2 Å². The quantitative estimate of drug-likeness (QED) is 0.468. The van der Waals surface area contributed by atoms with Crippen LogP contribution in [-0.4, -0.2) is 63.2 Å². The second kappa shape index (κ2) is 8.97. The fraction of sp³-hybridized carbons (Fsp3) is 0.429. The molecule has 0 amide bonds. The van der Waals surface area contributed by atoms with Crippen LogP contribution < -0.4 is 4.74 Å². The highest BCUT2D eigenvalue weighted by Crippen LogP contribution is 2.38. The van der Waals surface area contributed by atoms with Gasteiger partial charge in [0, 0.05) is 17.0 Å². The van der Waals surface area contributed by atoms with Crippen LogP contribution in [0.4, 0.5) is 0 Å². The Labute approximate surface area is 173 Å². The van der Waals surface area contributed by atoms with E-state index in [1.54, 1.807) is 12.1 Å². The lowest BCUT2D eigenvalue weighted by Crippen LogP contribution is -2.63. The average molecular weight is 425 g/mol. The predicted octanol–water partition coefficient (Wildman–Crippen LogP) is 0.948. The van der Waals surface area contributed by atoms with Crippen molar-refractivity contribution < 1.29 is 35.0 Å². The van der Waals surface area contributed by atoms with Gasteiger partial charge in [0.05, 0.1) is 13.2 Å². The van der Waals surface area contributed by atoms with E-state index < -0.39 is 36.8 Å². The highest BCUT2D eigenvalue weighted by Gasteiger charge is 2.53. The Morgan fingerprint density at radius 2 is 1.79 bits per heavy atom. The lowest BCUT2D eigenvalue weighted by Gasteiger charge is -2.45. The molecule has 1 unspecified atom stereocenters. The van der Waals surface area contributed by atoms with Gasteiger partial charge in [-0.3, -0.25) is 0 Å². The number of aliphatic hydroxyl groups is 5. The van der Waals surface area contributed by atoms with Gasteiger partial charge in [0.25, 0.3) is 0 Å². The summed E-state index contributed by atoms with van der Waals surface area (Å²) in [6.07, 6.45) is -5.95. The number of para-hydroxylation sites is 1. The maximum atomic E-state index is 11.0. The monoisotopic (exact) mass is 424 g/mol. The summed E-state index contributed by atoms with van der Waals surface area (Å²) >= 11 is 6.35. The van der Waals surface area contributed by atoms with Crippen LogP contribution in [0.3, 0.4) is 0 Å². The number of hydrogen-bond donors (Lipinski definition) is 5. The molecule has 2 aromatic carbocycles. The van der Waals surface area contributed by atoms with Gasteiger partial charge in [-0.05, 0) is 36.2 Å². The zero-order chi connectivity index (χ0) is 21.2. The molecule has 1 heterocycles. The molecule has 1 aliphatic heterocycles. The molecule has 158 valence electrons. The van der Waals surface area contributed by atoms with E-state index in [0.717, 1.165) is 5.56 Å². The summed E-state index contributed by atoms with van der Waals surface area (Å²) in [7, 11) is 0. The van der Waals surface area contributed by atoms with E-state index in [1.807, 2.05) is 31.2 Å². The molecule has 7 nitrogen and oxygen atoms in total. The third-order valence-electron chi connectivity index (χ3n) is 5.08. The van der Waals surface area contributed by atoms with Gasteiger partial charge in [0.2, 0.25) is 5.79 Å². The van der Waals surface area contributed by atoms with Gasteiger partial charge in [0.15, 0.2) is 0 Å². The van der Waals surface area contributed by atoms with Crippen LogP contribution in [0, 0.1) is 0 Å². The van der Waals surface area contributed by atoms with Crippen molar-refractivity contribution in [1.29, 1.82) is 0 Å². The van der Waals surface area contributed by atoms with Crippen molar-refractivity contribution >= 4 is 11.6 Å². The Hall–Kier alpha value is -1.71. The predicted molar refractivity (Wildman–Crippen MR) is 106 cm³/mol. The summed E-state index contributed by atoms with van der Waals surface area (Å²) in [5, 5.41) is 51.2. The minimum absolute atomic E-state index is 0.141. The zero-order valence-corrected chi connectivity index (χ0v) is 16.7. The average Bonchev–Trinajstić information content (AvgIpc) is 2.72. The minimum atomic E-state index is -2.33. The lowest BCUT2D eigenvalue weighted by atomic mass is 9.87. The Balaban J connectivity index is 1.97. The van der Waals surface area contributed by atoms with Crippen molar-refractivity contribution in [2.75, 3.05) is 13.2 Å². The third kappa shape index (κ3) is 4.27. The van der Waals surface area contributed by atoms with Crippen molar-refractivity contribution in [2.24, 2.45) is 0 Å². The van der Waals surface area contributed by atoms with E-state index >= 15 is 0 Å². The number of benzene rings is 2. The first-order valence-electron chi connectivity index (χ1n) is 9.36. The maximum Gasteiger partial charge on any atom is 0.222 e. The fourth-order valence-electron chi connectivity index (χ4n) is 3.48. The van der Waals surface area contributed by atoms with Gasteiger partial charge in [-0.15, -0.1) is 0 Å². The van der Waals surface area contributed by atoms with Crippen LogP contribution in [0.25, 0.3) is 0 Å². The lowest BCUT2D eigenvalue weighted by molar-refractivity contribution is -0.357. The first-order valence-corrected chi connectivity index (χ1v) is 9.74. The first kappa shape index (κ1) is 22.0. The highest BCUT2D eigenvalue weighted by atomic mass is 35.5. The molecular formula is C21H25ClO7. The maximum absolute atomic E-state index is 11.0. The van der Waals surface area contributed by atoms with E-state index in [1.165, 1.54) is 6.07 Å². The summed E-state index contributed by atoms with van der Waals surface area (Å²) in [6.45, 7) is 1.75. The summed E-state index contributed by atoms with van der Waals surface area (Å²) in [6, 6.07) is 12.1. The van der Waals surface area contributed by atoms with Gasteiger partial charge < -0.3 is 35.0 Å². The summed E-state index contributed by atoms with van der Waals surface area (Å²) in [5.41, 5.74) is 1.67. The number of ether oxygens (including phenoxy) is 2. The highest BCUT2D eigenvalue weighted by molar-refractivity contribution is 6.31. The Bertz CT molecular complexity index is 844. The number of hydrogen-bond acceptors (Lipinski definition) is 7. The molecule has 1 aliphatic rings. The van der Waals surface area contributed by atoms with E-state index in [2.05, 4.69) is 0 Å². The normalized spacial score (nSPS) is 29.6. The van der Waals surface area contributed by atoms with E-state index in [9.17, 15) is 25.5 Å². The van der Waals surface area contributed by atoms with E-state index in [4.69, 9.17) is 21.1 Å². The molecule has 0 spiro atoms. The van der Waals surface area contributed by atoms with Crippen LogP contribution in [0.2, 0.25) is 5.02 Å². The number of halogens is 1. The molecule has 1 fully saturated rings. The van der Waals surface area contributed by atoms with Crippen molar-refractivity contribution in [3.63, 3.8) is 0 Å². The van der Waals surface area contributed by atoms with Crippen LogP contribution in [0.1, 0.15) is 23.6 Å². The molecule has 5 N–H and O–H groups in total. The van der Waals surface area contributed by atoms with E-state index in [0.29, 0.717) is 29.4 Å². The van der Waals surface area contributed by atoms with Gasteiger partial charge in [0.1, 0.15) is 30.2 Å². The SMILES string of the molecule is CCOc1ccccc1Cc1cc(C2(O)O[C@H](CO)[C@@H](O)[C@H](O)[C@H]2O)ccc1Cl.